The van der Waals surface area contributed by atoms with Gasteiger partial charge in [-0.25, -0.2) is 13.4 Å². The van der Waals surface area contributed by atoms with Crippen LogP contribution in [0, 0.1) is 0 Å². The third kappa shape index (κ3) is 3.99. The Morgan fingerprint density at radius 3 is 2.40 bits per heavy atom. The van der Waals surface area contributed by atoms with Crippen LogP contribution < -0.4 is 0 Å². The van der Waals surface area contributed by atoms with Crippen molar-refractivity contribution < 1.29 is 13.5 Å². The highest BCUT2D eigenvalue weighted by Gasteiger charge is 2.28. The molecular formula is C13H23N3O3S. The summed E-state index contributed by atoms with van der Waals surface area (Å²) in [4.78, 5) is 5.90. The Bertz CT molecular complexity index is 514. The summed E-state index contributed by atoms with van der Waals surface area (Å²) in [6.45, 7) is 4.57. The molecule has 1 rings (SSSR count). The van der Waals surface area contributed by atoms with Gasteiger partial charge in [-0.2, -0.15) is 4.31 Å². The lowest BCUT2D eigenvalue weighted by Crippen LogP contribution is -2.43. The molecule has 0 aliphatic rings. The van der Waals surface area contributed by atoms with Crippen LogP contribution in [0.4, 0.5) is 0 Å². The van der Waals surface area contributed by atoms with Crippen LogP contribution in [-0.2, 0) is 16.6 Å². The number of hydrogen-bond acceptors (Lipinski definition) is 5. The predicted octanol–water partition coefficient (Wildman–Crippen LogP) is 0.535. The van der Waals surface area contributed by atoms with Gasteiger partial charge in [-0.1, -0.05) is 13.0 Å². The fourth-order valence-electron chi connectivity index (χ4n) is 2.12. The van der Waals surface area contributed by atoms with E-state index in [0.29, 0.717) is 18.7 Å². The molecule has 20 heavy (non-hydrogen) atoms. The highest BCUT2D eigenvalue weighted by molar-refractivity contribution is 7.89. The highest BCUT2D eigenvalue weighted by Crippen LogP contribution is 2.16. The largest absolute Gasteiger partial charge is 0.392 e. The van der Waals surface area contributed by atoms with Crippen molar-refractivity contribution in [2.45, 2.75) is 31.5 Å². The summed E-state index contributed by atoms with van der Waals surface area (Å²) < 4.78 is 26.6. The Labute approximate surface area is 121 Å². The topological polar surface area (TPSA) is 73.7 Å². The van der Waals surface area contributed by atoms with E-state index < -0.39 is 10.0 Å². The summed E-state index contributed by atoms with van der Waals surface area (Å²) in [5.74, 6) is 0. The minimum Gasteiger partial charge on any atom is -0.392 e. The molecule has 0 saturated carbocycles. The van der Waals surface area contributed by atoms with Crippen molar-refractivity contribution in [3.05, 3.63) is 23.9 Å². The predicted molar refractivity (Wildman–Crippen MR) is 77.7 cm³/mol. The number of aliphatic hydroxyl groups is 1. The lowest BCUT2D eigenvalue weighted by atomic mass is 10.3. The van der Waals surface area contributed by atoms with Crippen LogP contribution in [0.5, 0.6) is 0 Å². The normalized spacial score (nSPS) is 13.9. The number of aliphatic hydroxyl groups excluding tert-OH is 1. The fraction of sp³-hybridized carbons (Fsp3) is 0.615. The van der Waals surface area contributed by atoms with Crippen LogP contribution in [0.3, 0.4) is 0 Å². The van der Waals surface area contributed by atoms with Crippen molar-refractivity contribution in [1.82, 2.24) is 14.2 Å². The zero-order chi connectivity index (χ0) is 15.3. The molecule has 0 spiro atoms. The number of pyridine rings is 1. The zero-order valence-electron chi connectivity index (χ0n) is 12.4. The molecule has 1 N–H and O–H groups in total. The van der Waals surface area contributed by atoms with Crippen molar-refractivity contribution >= 4 is 10.0 Å². The zero-order valence-corrected chi connectivity index (χ0v) is 13.3. The maximum Gasteiger partial charge on any atom is 0.260 e. The van der Waals surface area contributed by atoms with E-state index in [0.717, 1.165) is 0 Å². The van der Waals surface area contributed by atoms with Gasteiger partial charge < -0.3 is 10.0 Å². The molecule has 7 heteroatoms. The summed E-state index contributed by atoms with van der Waals surface area (Å²) in [6.07, 6.45) is 1.39. The van der Waals surface area contributed by atoms with Crippen LogP contribution >= 0.6 is 0 Å². The quantitative estimate of drug-likeness (QED) is 0.795. The van der Waals surface area contributed by atoms with Gasteiger partial charge in [0.25, 0.3) is 10.0 Å². The fourth-order valence-corrected chi connectivity index (χ4v) is 3.66. The van der Waals surface area contributed by atoms with Gasteiger partial charge in [0.15, 0.2) is 5.03 Å². The number of rotatable bonds is 7. The molecule has 0 aliphatic heterocycles. The maximum absolute atomic E-state index is 12.6. The minimum absolute atomic E-state index is 0.0159. The van der Waals surface area contributed by atoms with Crippen molar-refractivity contribution in [3.63, 3.8) is 0 Å². The second kappa shape index (κ2) is 7.12. The van der Waals surface area contributed by atoms with Crippen molar-refractivity contribution in [1.29, 1.82) is 0 Å². The molecule has 0 aliphatic carbocycles. The van der Waals surface area contributed by atoms with Gasteiger partial charge in [0.2, 0.25) is 0 Å². The first-order valence-corrected chi connectivity index (χ1v) is 7.99. The molecule has 1 unspecified atom stereocenters. The lowest BCUT2D eigenvalue weighted by Gasteiger charge is -2.28. The van der Waals surface area contributed by atoms with Crippen molar-refractivity contribution in [2.75, 3.05) is 27.2 Å². The Hall–Kier alpha value is -1.02. The molecule has 0 aromatic carbocycles. The first-order valence-electron chi connectivity index (χ1n) is 6.55. The Morgan fingerprint density at radius 2 is 2.00 bits per heavy atom. The van der Waals surface area contributed by atoms with Crippen molar-refractivity contribution in [3.8, 4) is 0 Å². The number of sulfonamides is 1. The van der Waals surface area contributed by atoms with Gasteiger partial charge in [0, 0.05) is 25.3 Å². The summed E-state index contributed by atoms with van der Waals surface area (Å²) in [7, 11) is 0.209. The Kier molecular flexibility index (Phi) is 6.07. The molecule has 0 saturated heterocycles. The Morgan fingerprint density at radius 1 is 1.35 bits per heavy atom. The average Bonchev–Trinajstić information content (AvgIpc) is 2.38. The maximum atomic E-state index is 12.6. The second-order valence-corrected chi connectivity index (χ2v) is 6.82. The minimum atomic E-state index is -3.61. The third-order valence-electron chi connectivity index (χ3n) is 2.99. The van der Waals surface area contributed by atoms with E-state index in [-0.39, 0.29) is 17.7 Å². The molecule has 6 nitrogen and oxygen atoms in total. The molecule has 1 atom stereocenters. The lowest BCUT2D eigenvalue weighted by molar-refractivity contribution is 0.270. The van der Waals surface area contributed by atoms with Crippen LogP contribution in [-0.4, -0.2) is 60.9 Å². The first-order chi connectivity index (χ1) is 9.32. The molecule has 1 heterocycles. The van der Waals surface area contributed by atoms with Gasteiger partial charge in [0.1, 0.15) is 0 Å². The molecule has 1 aromatic rings. The molecule has 0 bridgehead atoms. The third-order valence-corrected chi connectivity index (χ3v) is 4.99. The van der Waals surface area contributed by atoms with Crippen LogP contribution in [0.25, 0.3) is 0 Å². The smallest absolute Gasteiger partial charge is 0.260 e. The van der Waals surface area contributed by atoms with Gasteiger partial charge in [-0.05, 0) is 32.6 Å². The molecule has 0 amide bonds. The number of nitrogens with zero attached hydrogens (tertiary/aromatic N) is 3. The molecule has 1 aromatic heterocycles. The summed E-state index contributed by atoms with van der Waals surface area (Å²) in [5, 5.41) is 8.98. The van der Waals surface area contributed by atoms with E-state index in [1.807, 2.05) is 32.8 Å². The average molecular weight is 301 g/mol. The van der Waals surface area contributed by atoms with E-state index in [1.54, 1.807) is 6.07 Å². The van der Waals surface area contributed by atoms with Crippen molar-refractivity contribution in [2.24, 2.45) is 0 Å². The van der Waals surface area contributed by atoms with E-state index in [2.05, 4.69) is 4.98 Å². The van der Waals surface area contributed by atoms with Gasteiger partial charge >= 0.3 is 0 Å². The summed E-state index contributed by atoms with van der Waals surface area (Å²) >= 11 is 0. The van der Waals surface area contributed by atoms with Gasteiger partial charge in [0.05, 0.1) is 6.61 Å². The van der Waals surface area contributed by atoms with E-state index in [1.165, 1.54) is 16.6 Å². The van der Waals surface area contributed by atoms with Crippen LogP contribution in [0.15, 0.2) is 23.4 Å². The second-order valence-electron chi connectivity index (χ2n) is 4.98. The van der Waals surface area contributed by atoms with Gasteiger partial charge in [-0.3, -0.25) is 0 Å². The first kappa shape index (κ1) is 17.0. The van der Waals surface area contributed by atoms with E-state index in [9.17, 15) is 8.42 Å². The highest BCUT2D eigenvalue weighted by atomic mass is 32.2. The van der Waals surface area contributed by atoms with E-state index >= 15 is 0 Å². The number of aromatic nitrogens is 1. The van der Waals surface area contributed by atoms with Crippen LogP contribution in [0.1, 0.15) is 19.4 Å². The van der Waals surface area contributed by atoms with Crippen LogP contribution in [0.2, 0.25) is 0 Å². The Balaban J connectivity index is 3.04. The standard InChI is InChI=1S/C13H23N3O3S/c1-5-16(11(2)9-15(3)4)20(18,19)13-7-6-12(10-17)8-14-13/h6-8,11,17H,5,9-10H2,1-4H3. The summed E-state index contributed by atoms with van der Waals surface area (Å²) in [6, 6.07) is 2.87. The SMILES string of the molecule is CCN(C(C)CN(C)C)S(=O)(=O)c1ccc(CO)cn1. The van der Waals surface area contributed by atoms with E-state index in [4.69, 9.17) is 5.11 Å². The summed E-state index contributed by atoms with van der Waals surface area (Å²) in [5.41, 5.74) is 0.591. The number of likely N-dealkylation sites (N-methyl/N-ethyl adjacent to an activating group) is 2. The molecular weight excluding hydrogens is 278 g/mol. The number of hydrogen-bond donors (Lipinski definition) is 1. The molecule has 0 radical (unpaired) electrons. The monoisotopic (exact) mass is 301 g/mol. The molecule has 0 fully saturated rings. The molecule has 114 valence electrons. The van der Waals surface area contributed by atoms with Gasteiger partial charge in [-0.15, -0.1) is 0 Å².